The van der Waals surface area contributed by atoms with E-state index in [1.807, 2.05) is 30.3 Å². The first-order chi connectivity index (χ1) is 10.3. The van der Waals surface area contributed by atoms with Crippen LogP contribution in [0.1, 0.15) is 35.1 Å². The second-order valence-corrected chi connectivity index (χ2v) is 5.77. The van der Waals surface area contributed by atoms with Crippen LogP contribution < -0.4 is 0 Å². The number of hydrogen-bond acceptors (Lipinski definition) is 2. The molecular weight excluding hydrogens is 258 g/mol. The van der Waals surface area contributed by atoms with E-state index >= 15 is 0 Å². The average Bonchev–Trinajstić information content (AvgIpc) is 2.52. The summed E-state index contributed by atoms with van der Waals surface area (Å²) in [5.74, 6) is 0.475. The van der Waals surface area contributed by atoms with Gasteiger partial charge in [0.1, 0.15) is 0 Å². The fraction of sp³-hybridized carbons (Fsp3) is 0.211. The zero-order valence-electron chi connectivity index (χ0n) is 11.7. The van der Waals surface area contributed by atoms with Crippen LogP contribution in [0.3, 0.4) is 0 Å². The van der Waals surface area contributed by atoms with Gasteiger partial charge in [0.15, 0.2) is 0 Å². The van der Waals surface area contributed by atoms with Crippen LogP contribution in [0.25, 0.3) is 10.9 Å². The molecule has 104 valence electrons. The van der Waals surface area contributed by atoms with Crippen molar-refractivity contribution in [2.45, 2.75) is 24.9 Å². The Morgan fingerprint density at radius 3 is 2.86 bits per heavy atom. The molecule has 1 N–H and O–H groups in total. The van der Waals surface area contributed by atoms with E-state index in [2.05, 4.69) is 29.2 Å². The molecule has 21 heavy (non-hydrogen) atoms. The largest absolute Gasteiger partial charge is 0.388 e. The molecular formula is C19H17NO. The average molecular weight is 275 g/mol. The summed E-state index contributed by atoms with van der Waals surface area (Å²) in [6.45, 7) is 0. The quantitative estimate of drug-likeness (QED) is 0.783. The Morgan fingerprint density at radius 2 is 1.95 bits per heavy atom. The van der Waals surface area contributed by atoms with E-state index in [9.17, 15) is 5.11 Å². The predicted octanol–water partition coefficient (Wildman–Crippen LogP) is 4.00. The van der Waals surface area contributed by atoms with Gasteiger partial charge in [0, 0.05) is 11.6 Å². The Kier molecular flexibility index (Phi) is 2.97. The van der Waals surface area contributed by atoms with Gasteiger partial charge in [-0.25, -0.2) is 0 Å². The minimum Gasteiger partial charge on any atom is -0.388 e. The first kappa shape index (κ1) is 12.5. The van der Waals surface area contributed by atoms with Gasteiger partial charge in [0.05, 0.1) is 11.6 Å². The molecule has 2 nitrogen and oxygen atoms in total. The van der Waals surface area contributed by atoms with Gasteiger partial charge in [0.2, 0.25) is 0 Å². The zero-order valence-corrected chi connectivity index (χ0v) is 11.7. The van der Waals surface area contributed by atoms with Crippen molar-refractivity contribution in [3.8, 4) is 0 Å². The molecule has 2 unspecified atom stereocenters. The molecule has 0 aliphatic heterocycles. The van der Waals surface area contributed by atoms with E-state index in [-0.39, 0.29) is 0 Å². The van der Waals surface area contributed by atoms with Crippen LogP contribution in [0.15, 0.2) is 60.8 Å². The Hall–Kier alpha value is -2.19. The maximum Gasteiger partial charge on any atom is 0.0802 e. The standard InChI is InChI=1S/C19H17NO/c21-19(12-14-11-13-5-1-2-6-15(13)14)17-7-3-9-18-16(17)8-4-10-20-18/h1-10,14,19,21H,11-12H2. The van der Waals surface area contributed by atoms with E-state index in [1.165, 1.54) is 11.1 Å². The van der Waals surface area contributed by atoms with Crippen molar-refractivity contribution in [2.24, 2.45) is 0 Å². The van der Waals surface area contributed by atoms with E-state index in [1.54, 1.807) is 6.20 Å². The molecule has 2 aromatic carbocycles. The van der Waals surface area contributed by atoms with Crippen LogP contribution >= 0.6 is 0 Å². The summed E-state index contributed by atoms with van der Waals surface area (Å²) in [4.78, 5) is 4.36. The molecule has 2 heteroatoms. The molecule has 1 heterocycles. The highest BCUT2D eigenvalue weighted by Crippen LogP contribution is 2.41. The highest BCUT2D eigenvalue weighted by molar-refractivity contribution is 5.82. The highest BCUT2D eigenvalue weighted by atomic mass is 16.3. The minimum atomic E-state index is -0.434. The number of aliphatic hydroxyl groups is 1. The lowest BCUT2D eigenvalue weighted by Crippen LogP contribution is -2.19. The SMILES string of the molecule is OC(CC1Cc2ccccc21)c1cccc2ncccc12. The second-order valence-electron chi connectivity index (χ2n) is 5.77. The number of aliphatic hydroxyl groups excluding tert-OH is 1. The van der Waals surface area contributed by atoms with E-state index in [0.29, 0.717) is 5.92 Å². The normalized spacial score (nSPS) is 18.0. The molecule has 1 aliphatic carbocycles. The molecule has 4 rings (SSSR count). The monoisotopic (exact) mass is 275 g/mol. The first-order valence-electron chi connectivity index (χ1n) is 7.42. The van der Waals surface area contributed by atoms with Crippen molar-refractivity contribution in [1.82, 2.24) is 4.98 Å². The van der Waals surface area contributed by atoms with Crippen LogP contribution in [-0.2, 0) is 6.42 Å². The van der Waals surface area contributed by atoms with Gasteiger partial charge in [-0.3, -0.25) is 4.98 Å². The molecule has 0 bridgehead atoms. The molecule has 0 spiro atoms. The fourth-order valence-electron chi connectivity index (χ4n) is 3.39. The summed E-state index contributed by atoms with van der Waals surface area (Å²) in [6.07, 6.45) is 3.22. The lowest BCUT2D eigenvalue weighted by molar-refractivity contribution is 0.155. The van der Waals surface area contributed by atoms with Gasteiger partial charge in [-0.1, -0.05) is 42.5 Å². The molecule has 0 fully saturated rings. The van der Waals surface area contributed by atoms with Crippen molar-refractivity contribution in [3.63, 3.8) is 0 Å². The minimum absolute atomic E-state index is 0.434. The number of pyridine rings is 1. The highest BCUT2D eigenvalue weighted by Gasteiger charge is 2.28. The Morgan fingerprint density at radius 1 is 1.05 bits per heavy atom. The van der Waals surface area contributed by atoms with Crippen molar-refractivity contribution in [3.05, 3.63) is 77.5 Å². The molecule has 3 aromatic rings. The predicted molar refractivity (Wildman–Crippen MR) is 84.2 cm³/mol. The molecule has 0 amide bonds. The van der Waals surface area contributed by atoms with Gasteiger partial charge in [-0.15, -0.1) is 0 Å². The summed E-state index contributed by atoms with van der Waals surface area (Å²) in [7, 11) is 0. The number of fused-ring (bicyclic) bond motifs is 2. The number of rotatable bonds is 3. The Labute approximate surface area is 124 Å². The van der Waals surface area contributed by atoms with Gasteiger partial charge in [0.25, 0.3) is 0 Å². The van der Waals surface area contributed by atoms with Crippen LogP contribution in [0, 0.1) is 0 Å². The first-order valence-corrected chi connectivity index (χ1v) is 7.42. The summed E-state index contributed by atoms with van der Waals surface area (Å²) in [6, 6.07) is 18.5. The van der Waals surface area contributed by atoms with E-state index in [0.717, 1.165) is 29.3 Å². The van der Waals surface area contributed by atoms with Crippen LogP contribution in [-0.4, -0.2) is 10.1 Å². The number of aromatic nitrogens is 1. The van der Waals surface area contributed by atoms with Crippen molar-refractivity contribution < 1.29 is 5.11 Å². The van der Waals surface area contributed by atoms with Crippen LogP contribution in [0.2, 0.25) is 0 Å². The lowest BCUT2D eigenvalue weighted by atomic mass is 9.74. The van der Waals surface area contributed by atoms with Crippen LogP contribution in [0.5, 0.6) is 0 Å². The van der Waals surface area contributed by atoms with E-state index in [4.69, 9.17) is 0 Å². The lowest BCUT2D eigenvalue weighted by Gasteiger charge is -2.32. The van der Waals surface area contributed by atoms with E-state index < -0.39 is 6.10 Å². The third-order valence-corrected chi connectivity index (χ3v) is 4.51. The fourth-order valence-corrected chi connectivity index (χ4v) is 3.39. The number of nitrogens with zero attached hydrogens (tertiary/aromatic N) is 1. The Bertz CT molecular complexity index is 791. The summed E-state index contributed by atoms with van der Waals surface area (Å²) < 4.78 is 0. The summed E-state index contributed by atoms with van der Waals surface area (Å²) in [5, 5.41) is 11.7. The smallest absolute Gasteiger partial charge is 0.0802 e. The van der Waals surface area contributed by atoms with Gasteiger partial charge in [-0.05, 0) is 47.6 Å². The molecule has 0 saturated heterocycles. The third kappa shape index (κ3) is 2.12. The maximum absolute atomic E-state index is 10.7. The second kappa shape index (κ2) is 4.97. The molecule has 0 saturated carbocycles. The van der Waals surface area contributed by atoms with Crippen molar-refractivity contribution in [1.29, 1.82) is 0 Å². The van der Waals surface area contributed by atoms with Gasteiger partial charge in [-0.2, -0.15) is 0 Å². The molecule has 2 atom stereocenters. The van der Waals surface area contributed by atoms with Gasteiger partial charge < -0.3 is 5.11 Å². The number of hydrogen-bond donors (Lipinski definition) is 1. The van der Waals surface area contributed by atoms with Gasteiger partial charge >= 0.3 is 0 Å². The summed E-state index contributed by atoms with van der Waals surface area (Å²) in [5.41, 5.74) is 4.76. The number of benzene rings is 2. The van der Waals surface area contributed by atoms with Crippen molar-refractivity contribution >= 4 is 10.9 Å². The molecule has 1 aliphatic rings. The molecule has 1 aromatic heterocycles. The maximum atomic E-state index is 10.7. The Balaban J connectivity index is 1.62. The van der Waals surface area contributed by atoms with Crippen LogP contribution in [0.4, 0.5) is 0 Å². The topological polar surface area (TPSA) is 33.1 Å². The molecule has 0 radical (unpaired) electrons. The summed E-state index contributed by atoms with van der Waals surface area (Å²) >= 11 is 0. The third-order valence-electron chi connectivity index (χ3n) is 4.51. The zero-order chi connectivity index (χ0) is 14.2. The van der Waals surface area contributed by atoms with Crippen molar-refractivity contribution in [2.75, 3.05) is 0 Å².